The number of thioether (sulfide) groups is 1. The Hall–Kier alpha value is -1.73. The lowest BCUT2D eigenvalue weighted by Gasteiger charge is -2.09. The molecule has 0 aliphatic carbocycles. The molecule has 0 saturated carbocycles. The number of alkyl halides is 3. The van der Waals surface area contributed by atoms with Crippen LogP contribution in [0.15, 0.2) is 41.6 Å². The molecular weight excluding hydrogens is 361 g/mol. The van der Waals surface area contributed by atoms with Crippen LogP contribution in [0.2, 0.25) is 5.02 Å². The summed E-state index contributed by atoms with van der Waals surface area (Å²) in [6, 6.07) is 8.05. The number of hydrogen-bond donors (Lipinski definition) is 1. The second kappa shape index (κ2) is 7.90. The third-order valence-electron chi connectivity index (χ3n) is 3.15. The number of hydrogen-bond acceptors (Lipinski definition) is 3. The highest BCUT2D eigenvalue weighted by Gasteiger charge is 2.31. The summed E-state index contributed by atoms with van der Waals surface area (Å²) in [5, 5.41) is 3.00. The van der Waals surface area contributed by atoms with Crippen LogP contribution in [0.4, 0.5) is 13.2 Å². The van der Waals surface area contributed by atoms with Gasteiger partial charge in [-0.25, -0.2) is 4.98 Å². The molecule has 24 heavy (non-hydrogen) atoms. The van der Waals surface area contributed by atoms with Gasteiger partial charge >= 0.3 is 6.18 Å². The third-order valence-corrected chi connectivity index (χ3v) is 4.56. The number of halogens is 4. The topological polar surface area (TPSA) is 42.0 Å². The van der Waals surface area contributed by atoms with E-state index in [1.807, 2.05) is 19.1 Å². The molecule has 3 nitrogen and oxygen atoms in total. The highest BCUT2D eigenvalue weighted by Crippen LogP contribution is 2.33. The number of carbonyl (C=O) groups excluding carboxylic acids is 1. The largest absolute Gasteiger partial charge is 0.417 e. The van der Waals surface area contributed by atoms with Crippen LogP contribution in [0.25, 0.3) is 0 Å². The van der Waals surface area contributed by atoms with E-state index in [9.17, 15) is 18.0 Å². The average molecular weight is 375 g/mol. The van der Waals surface area contributed by atoms with Crippen LogP contribution in [0, 0.1) is 6.92 Å². The molecule has 1 aromatic carbocycles. The number of carbonyl (C=O) groups is 1. The van der Waals surface area contributed by atoms with E-state index in [1.54, 1.807) is 12.1 Å². The van der Waals surface area contributed by atoms with Gasteiger partial charge in [0, 0.05) is 24.1 Å². The summed E-state index contributed by atoms with van der Waals surface area (Å²) in [6.07, 6.45) is -3.72. The summed E-state index contributed by atoms with van der Waals surface area (Å²) in [6.45, 7) is 2.19. The Labute approximate surface area is 146 Å². The zero-order chi connectivity index (χ0) is 17.7. The van der Waals surface area contributed by atoms with Crippen molar-refractivity contribution in [1.82, 2.24) is 10.3 Å². The van der Waals surface area contributed by atoms with Crippen LogP contribution in [0.1, 0.15) is 21.5 Å². The maximum atomic E-state index is 12.5. The van der Waals surface area contributed by atoms with Crippen molar-refractivity contribution in [3.05, 3.63) is 58.2 Å². The molecule has 0 unspecified atom stereocenters. The van der Waals surface area contributed by atoms with Gasteiger partial charge in [-0.1, -0.05) is 29.8 Å². The number of nitrogens with zero attached hydrogens (tertiary/aromatic N) is 1. The summed E-state index contributed by atoms with van der Waals surface area (Å²) < 4.78 is 37.6. The second-order valence-electron chi connectivity index (χ2n) is 4.93. The Balaban J connectivity index is 1.87. The Morgan fingerprint density at radius 1 is 1.33 bits per heavy atom. The van der Waals surface area contributed by atoms with Crippen molar-refractivity contribution in [2.24, 2.45) is 0 Å². The molecule has 8 heteroatoms. The summed E-state index contributed by atoms with van der Waals surface area (Å²) >= 11 is 7.01. The molecule has 0 radical (unpaired) electrons. The zero-order valence-electron chi connectivity index (χ0n) is 12.7. The van der Waals surface area contributed by atoms with Gasteiger partial charge in [0.2, 0.25) is 0 Å². The molecule has 0 aliphatic heterocycles. The van der Waals surface area contributed by atoms with Gasteiger partial charge in [-0.15, -0.1) is 11.8 Å². The van der Waals surface area contributed by atoms with Gasteiger partial charge in [-0.3, -0.25) is 4.79 Å². The molecule has 1 N–H and O–H groups in total. The molecule has 1 heterocycles. The van der Waals surface area contributed by atoms with Crippen molar-refractivity contribution in [1.29, 1.82) is 0 Å². The average Bonchev–Trinajstić information content (AvgIpc) is 2.52. The van der Waals surface area contributed by atoms with Crippen molar-refractivity contribution in [3.8, 4) is 0 Å². The molecule has 2 aromatic rings. The highest BCUT2D eigenvalue weighted by atomic mass is 35.5. The van der Waals surface area contributed by atoms with E-state index in [0.29, 0.717) is 22.9 Å². The molecular formula is C16H14ClF3N2OS. The zero-order valence-corrected chi connectivity index (χ0v) is 14.2. The van der Waals surface area contributed by atoms with Gasteiger partial charge in [0.15, 0.2) is 0 Å². The number of aromatic nitrogens is 1. The number of pyridine rings is 1. The van der Waals surface area contributed by atoms with Gasteiger partial charge in [0.05, 0.1) is 10.6 Å². The number of rotatable bonds is 5. The first-order valence-electron chi connectivity index (χ1n) is 6.98. The molecule has 0 atom stereocenters. The normalized spacial score (nSPS) is 11.4. The van der Waals surface area contributed by atoms with Gasteiger partial charge < -0.3 is 5.32 Å². The molecule has 128 valence electrons. The van der Waals surface area contributed by atoms with Crippen LogP contribution in [-0.4, -0.2) is 23.2 Å². The number of benzene rings is 1. The van der Waals surface area contributed by atoms with Crippen molar-refractivity contribution in [2.75, 3.05) is 12.3 Å². The molecule has 2 rings (SSSR count). The lowest BCUT2D eigenvalue weighted by molar-refractivity contribution is -0.137. The first-order valence-corrected chi connectivity index (χ1v) is 8.35. The lowest BCUT2D eigenvalue weighted by atomic mass is 10.1. The Morgan fingerprint density at radius 2 is 2.04 bits per heavy atom. The van der Waals surface area contributed by atoms with E-state index >= 15 is 0 Å². The molecule has 0 saturated heterocycles. The Morgan fingerprint density at radius 3 is 2.67 bits per heavy atom. The minimum absolute atomic E-state index is 0.0555. The second-order valence-corrected chi connectivity index (χ2v) is 6.42. The monoisotopic (exact) mass is 374 g/mol. The summed E-state index contributed by atoms with van der Waals surface area (Å²) in [5.41, 5.74) is 0.577. The van der Waals surface area contributed by atoms with Crippen LogP contribution >= 0.6 is 23.4 Å². The maximum Gasteiger partial charge on any atom is 0.417 e. The molecule has 1 aromatic heterocycles. The SMILES string of the molecule is Cc1ccccc1C(=O)NCCSc1ncc(C(F)(F)F)cc1Cl. The van der Waals surface area contributed by atoms with Gasteiger partial charge in [-0.05, 0) is 24.6 Å². The quantitative estimate of drug-likeness (QED) is 0.615. The minimum atomic E-state index is -4.47. The van der Waals surface area contributed by atoms with Gasteiger partial charge in [0.25, 0.3) is 5.91 Å². The fourth-order valence-electron chi connectivity index (χ4n) is 1.92. The lowest BCUT2D eigenvalue weighted by Crippen LogP contribution is -2.26. The van der Waals surface area contributed by atoms with Crippen molar-refractivity contribution < 1.29 is 18.0 Å². The van der Waals surface area contributed by atoms with E-state index < -0.39 is 11.7 Å². The predicted octanol–water partition coefficient (Wildman–Crippen LogP) is 4.58. The van der Waals surface area contributed by atoms with Gasteiger partial charge in [-0.2, -0.15) is 13.2 Å². The van der Waals surface area contributed by atoms with Crippen LogP contribution in [0.5, 0.6) is 0 Å². The Bertz CT molecular complexity index is 738. The van der Waals surface area contributed by atoms with Gasteiger partial charge in [0.1, 0.15) is 5.03 Å². The molecule has 0 bridgehead atoms. The number of amides is 1. The van der Waals surface area contributed by atoms with E-state index in [-0.39, 0.29) is 10.9 Å². The van der Waals surface area contributed by atoms with Crippen LogP contribution in [-0.2, 0) is 6.18 Å². The molecule has 1 amide bonds. The molecule has 0 fully saturated rings. The Kier molecular flexibility index (Phi) is 6.12. The summed E-state index contributed by atoms with van der Waals surface area (Å²) in [5.74, 6) is 0.246. The van der Waals surface area contributed by atoms with E-state index in [1.165, 1.54) is 11.8 Å². The fourth-order valence-corrected chi connectivity index (χ4v) is 2.97. The standard InChI is InChI=1S/C16H14ClF3N2OS/c1-10-4-2-3-5-12(10)14(23)21-6-7-24-15-13(17)8-11(9-22-15)16(18,19)20/h2-5,8-9H,6-7H2,1H3,(H,21,23). The first kappa shape index (κ1) is 18.6. The maximum absolute atomic E-state index is 12.5. The predicted molar refractivity (Wildman–Crippen MR) is 88.5 cm³/mol. The van der Waals surface area contributed by atoms with Crippen molar-refractivity contribution in [2.45, 2.75) is 18.1 Å². The van der Waals surface area contributed by atoms with Crippen LogP contribution < -0.4 is 5.32 Å². The molecule has 0 spiro atoms. The highest BCUT2D eigenvalue weighted by molar-refractivity contribution is 7.99. The number of nitrogens with one attached hydrogen (secondary N) is 1. The molecule has 0 aliphatic rings. The van der Waals surface area contributed by atoms with Crippen molar-refractivity contribution in [3.63, 3.8) is 0 Å². The smallest absolute Gasteiger partial charge is 0.351 e. The van der Waals surface area contributed by atoms with E-state index in [2.05, 4.69) is 10.3 Å². The van der Waals surface area contributed by atoms with Crippen LogP contribution in [0.3, 0.4) is 0 Å². The first-order chi connectivity index (χ1) is 11.3. The summed E-state index contributed by atoms with van der Waals surface area (Å²) in [7, 11) is 0. The number of aryl methyl sites for hydroxylation is 1. The fraction of sp³-hybridized carbons (Fsp3) is 0.250. The minimum Gasteiger partial charge on any atom is -0.351 e. The third kappa shape index (κ3) is 4.88. The summed E-state index contributed by atoms with van der Waals surface area (Å²) in [4.78, 5) is 15.7. The van der Waals surface area contributed by atoms with E-state index in [0.717, 1.165) is 17.8 Å². The van der Waals surface area contributed by atoms with E-state index in [4.69, 9.17) is 11.6 Å². The van der Waals surface area contributed by atoms with Crippen molar-refractivity contribution >= 4 is 29.3 Å².